The fraction of sp³-hybridized carbons (Fsp3) is 0.267. The Morgan fingerprint density at radius 3 is 2.33 bits per heavy atom. The number of hydrogen-bond donors (Lipinski definition) is 0. The highest BCUT2D eigenvalue weighted by atomic mass is 32.2. The molecule has 1 aromatic heterocycles. The molecule has 7 nitrogen and oxygen atoms in total. The predicted octanol–water partition coefficient (Wildman–Crippen LogP) is 4.48. The van der Waals surface area contributed by atoms with E-state index in [1.54, 1.807) is 37.1 Å². The lowest BCUT2D eigenvalue weighted by atomic mass is 10.0. The van der Waals surface area contributed by atoms with Crippen molar-refractivity contribution in [2.45, 2.75) is 13.3 Å². The van der Waals surface area contributed by atoms with Crippen molar-refractivity contribution >= 4 is 51.8 Å². The smallest absolute Gasteiger partial charge is 0.270 e. The van der Waals surface area contributed by atoms with E-state index < -0.39 is 0 Å². The Balaban J connectivity index is 1.45. The van der Waals surface area contributed by atoms with Crippen molar-refractivity contribution in [2.75, 3.05) is 42.5 Å². The summed E-state index contributed by atoms with van der Waals surface area (Å²) in [5, 5.41) is 9.77. The van der Waals surface area contributed by atoms with Crippen LogP contribution < -0.4 is 15.4 Å². The molecule has 0 saturated carbocycles. The summed E-state index contributed by atoms with van der Waals surface area (Å²) in [5.74, 6) is 0.208. The van der Waals surface area contributed by atoms with Gasteiger partial charge in [0.25, 0.3) is 11.5 Å². The van der Waals surface area contributed by atoms with Crippen LogP contribution in [-0.2, 0) is 18.3 Å². The van der Waals surface area contributed by atoms with E-state index in [0.717, 1.165) is 11.3 Å². The molecular weight excluding hydrogens is 545 g/mol. The molecule has 3 heterocycles. The summed E-state index contributed by atoms with van der Waals surface area (Å²) in [5.41, 5.74) is 2.94. The van der Waals surface area contributed by atoms with E-state index in [9.17, 15) is 19.2 Å². The summed E-state index contributed by atoms with van der Waals surface area (Å²) in [4.78, 5) is 32.9. The molecule has 0 atom stereocenters. The molecule has 2 saturated heterocycles. The van der Waals surface area contributed by atoms with Crippen LogP contribution in [0.5, 0.6) is 0 Å². The summed E-state index contributed by atoms with van der Waals surface area (Å²) in [6, 6.07) is 18.4. The van der Waals surface area contributed by atoms with Gasteiger partial charge >= 0.3 is 0 Å². The van der Waals surface area contributed by atoms with Gasteiger partial charge in [0.15, 0.2) is 0 Å². The summed E-state index contributed by atoms with van der Waals surface area (Å²) >= 11 is 6.80. The number of piperazine rings is 1. The van der Waals surface area contributed by atoms with Crippen LogP contribution in [0.25, 0.3) is 6.08 Å². The van der Waals surface area contributed by atoms with Gasteiger partial charge < -0.3 is 9.80 Å². The Kier molecular flexibility index (Phi) is 8.05. The third-order valence-electron chi connectivity index (χ3n) is 7.35. The van der Waals surface area contributed by atoms with Crippen LogP contribution in [0.4, 0.5) is 15.9 Å². The molecule has 3 aromatic rings. The third-order valence-corrected chi connectivity index (χ3v) is 8.73. The van der Waals surface area contributed by atoms with Gasteiger partial charge in [-0.15, -0.1) is 0 Å². The molecule has 0 aliphatic carbocycles. The average molecular weight is 574 g/mol. The molecule has 10 heteroatoms. The van der Waals surface area contributed by atoms with Crippen LogP contribution in [0, 0.1) is 24.1 Å². The fourth-order valence-electron chi connectivity index (χ4n) is 5.13. The zero-order valence-corrected chi connectivity index (χ0v) is 23.9. The second-order valence-corrected chi connectivity index (χ2v) is 11.4. The van der Waals surface area contributed by atoms with Gasteiger partial charge in [-0.1, -0.05) is 54.3 Å². The lowest BCUT2D eigenvalue weighted by Crippen LogP contribution is -2.48. The minimum atomic E-state index is -0.372. The number of thioether (sulfide) groups is 1. The van der Waals surface area contributed by atoms with E-state index in [2.05, 4.69) is 15.9 Å². The number of carbonyl (C=O) groups is 1. The molecule has 0 N–H and O–H groups in total. The topological polar surface area (TPSA) is 72.6 Å². The Morgan fingerprint density at radius 2 is 1.68 bits per heavy atom. The minimum absolute atomic E-state index is 0.0574. The lowest BCUT2D eigenvalue weighted by molar-refractivity contribution is -0.122. The van der Waals surface area contributed by atoms with Crippen LogP contribution >= 0.6 is 24.0 Å². The molecule has 1 amide bonds. The largest absolute Gasteiger partial charge is 0.368 e. The zero-order chi connectivity index (χ0) is 28.4. The standard InChI is InChI=1S/C30H28FN5O2S2/c1-20-24(18-26-29(38)36(30(39)40-26)13-12-21-6-4-3-5-7-21)27(33(2)28(37)25(20)19-32)35-16-14-34(15-17-35)23-10-8-22(31)9-11-23/h3-11,18H,12-17H2,1-2H3. The SMILES string of the molecule is Cc1c(C=C2SC(=S)N(CCc3ccccc3)C2=O)c(N2CCN(c3ccc(F)cc3)CC2)n(C)c(=O)c1C#N. The number of nitrogens with zero attached hydrogens (tertiary/aromatic N) is 5. The first kappa shape index (κ1) is 27.6. The van der Waals surface area contributed by atoms with Gasteiger partial charge in [0.05, 0.1) is 4.91 Å². The van der Waals surface area contributed by atoms with Gasteiger partial charge in [0.2, 0.25) is 0 Å². The Hall–Kier alpha value is -3.94. The Bertz CT molecular complexity index is 1590. The molecule has 0 unspecified atom stereocenters. The van der Waals surface area contributed by atoms with Crippen molar-refractivity contribution in [3.8, 4) is 6.07 Å². The van der Waals surface area contributed by atoms with Crippen molar-refractivity contribution in [3.63, 3.8) is 0 Å². The lowest BCUT2D eigenvalue weighted by Gasteiger charge is -2.38. The monoisotopic (exact) mass is 573 g/mol. The highest BCUT2D eigenvalue weighted by molar-refractivity contribution is 8.26. The van der Waals surface area contributed by atoms with E-state index in [1.165, 1.54) is 28.5 Å². The first-order valence-corrected chi connectivity index (χ1v) is 14.2. The molecule has 0 spiro atoms. The second-order valence-electron chi connectivity index (χ2n) is 9.73. The van der Waals surface area contributed by atoms with Crippen molar-refractivity contribution in [1.29, 1.82) is 5.26 Å². The van der Waals surface area contributed by atoms with E-state index >= 15 is 0 Å². The van der Waals surface area contributed by atoms with Gasteiger partial charge in [0, 0.05) is 51.0 Å². The summed E-state index contributed by atoms with van der Waals surface area (Å²) < 4.78 is 15.4. The average Bonchev–Trinajstić information content (AvgIpc) is 3.23. The molecule has 204 valence electrons. The Labute approximate surface area is 242 Å². The summed E-state index contributed by atoms with van der Waals surface area (Å²) in [7, 11) is 1.66. The zero-order valence-electron chi connectivity index (χ0n) is 22.3. The van der Waals surface area contributed by atoms with Crippen LogP contribution in [0.2, 0.25) is 0 Å². The van der Waals surface area contributed by atoms with Gasteiger partial charge in [0.1, 0.15) is 27.6 Å². The van der Waals surface area contributed by atoms with Crippen molar-refractivity contribution in [3.05, 3.63) is 97.9 Å². The number of aromatic nitrogens is 1. The fourth-order valence-corrected chi connectivity index (χ4v) is 6.42. The molecular formula is C30H28FN5O2S2. The highest BCUT2D eigenvalue weighted by Crippen LogP contribution is 2.36. The van der Waals surface area contributed by atoms with Gasteiger partial charge in [-0.25, -0.2) is 4.39 Å². The summed E-state index contributed by atoms with van der Waals surface area (Å²) in [6.07, 6.45) is 2.46. The maximum absolute atomic E-state index is 13.4. The number of amides is 1. The molecule has 5 rings (SSSR count). The van der Waals surface area contributed by atoms with Crippen molar-refractivity contribution in [1.82, 2.24) is 9.47 Å². The maximum atomic E-state index is 13.4. The molecule has 2 aromatic carbocycles. The normalized spacial score (nSPS) is 16.6. The summed E-state index contributed by atoms with van der Waals surface area (Å²) in [6.45, 7) is 4.77. The molecule has 0 radical (unpaired) electrons. The molecule has 2 aliphatic heterocycles. The predicted molar refractivity (Wildman–Crippen MR) is 162 cm³/mol. The molecule has 40 heavy (non-hydrogen) atoms. The van der Waals surface area contributed by atoms with Crippen LogP contribution in [-0.4, -0.2) is 52.4 Å². The number of benzene rings is 2. The third kappa shape index (κ3) is 5.40. The maximum Gasteiger partial charge on any atom is 0.270 e. The highest BCUT2D eigenvalue weighted by Gasteiger charge is 2.33. The molecule has 0 bridgehead atoms. The number of pyridine rings is 1. The molecule has 2 fully saturated rings. The van der Waals surface area contributed by atoms with Crippen molar-refractivity contribution in [2.24, 2.45) is 7.05 Å². The first-order valence-electron chi connectivity index (χ1n) is 13.0. The Morgan fingerprint density at radius 1 is 1.02 bits per heavy atom. The number of nitriles is 1. The first-order chi connectivity index (χ1) is 19.3. The van der Waals surface area contributed by atoms with E-state index in [0.29, 0.717) is 65.3 Å². The minimum Gasteiger partial charge on any atom is -0.368 e. The van der Waals surface area contributed by atoms with E-state index in [1.807, 2.05) is 30.3 Å². The van der Waals surface area contributed by atoms with Gasteiger partial charge in [-0.3, -0.25) is 19.1 Å². The number of carbonyl (C=O) groups excluding carboxylic acids is 1. The number of thiocarbonyl (C=S) groups is 1. The van der Waals surface area contributed by atoms with E-state index in [-0.39, 0.29) is 22.8 Å². The van der Waals surface area contributed by atoms with Crippen LogP contribution in [0.1, 0.15) is 22.3 Å². The van der Waals surface area contributed by atoms with Crippen LogP contribution in [0.15, 0.2) is 64.3 Å². The number of halogens is 1. The van der Waals surface area contributed by atoms with Crippen LogP contribution in [0.3, 0.4) is 0 Å². The van der Waals surface area contributed by atoms with Gasteiger partial charge in [-0.2, -0.15) is 5.26 Å². The van der Waals surface area contributed by atoms with Gasteiger partial charge in [-0.05, 0) is 54.8 Å². The molecule has 2 aliphatic rings. The van der Waals surface area contributed by atoms with Crippen molar-refractivity contribution < 1.29 is 9.18 Å². The number of rotatable bonds is 6. The second kappa shape index (κ2) is 11.7. The quantitative estimate of drug-likeness (QED) is 0.318. The number of anilines is 2. The number of hydrogen-bond acceptors (Lipinski definition) is 7. The van der Waals surface area contributed by atoms with E-state index in [4.69, 9.17) is 12.2 Å².